The molecule has 3 aromatic rings. The third-order valence-electron chi connectivity index (χ3n) is 3.21. The van der Waals surface area contributed by atoms with E-state index in [1.165, 1.54) is 18.3 Å². The quantitative estimate of drug-likeness (QED) is 0.645. The number of fused-ring (bicyclic) bond motifs is 1. The molecule has 0 saturated heterocycles. The van der Waals surface area contributed by atoms with Gasteiger partial charge < -0.3 is 10.1 Å². The Morgan fingerprint density at radius 1 is 1.14 bits per heavy atom. The lowest BCUT2D eigenvalue weighted by atomic mass is 10.2. The van der Waals surface area contributed by atoms with E-state index in [1.807, 2.05) is 24.3 Å². The van der Waals surface area contributed by atoms with E-state index in [9.17, 15) is 13.5 Å². The SMILES string of the molecule is NS(=O)(=O)c1cccc(N=Cc2c(O)[nH]c3ccccc23)c1. The zero-order valence-corrected chi connectivity index (χ0v) is 12.2. The van der Waals surface area contributed by atoms with Crippen molar-refractivity contribution in [2.24, 2.45) is 10.1 Å². The molecule has 0 atom stereocenters. The van der Waals surface area contributed by atoms with E-state index in [2.05, 4.69) is 9.98 Å². The maximum absolute atomic E-state index is 11.3. The van der Waals surface area contributed by atoms with Gasteiger partial charge in [0.15, 0.2) is 5.88 Å². The van der Waals surface area contributed by atoms with Gasteiger partial charge in [-0.05, 0) is 24.3 Å². The molecule has 0 aliphatic carbocycles. The van der Waals surface area contributed by atoms with Crippen molar-refractivity contribution in [1.29, 1.82) is 0 Å². The number of H-pyrrole nitrogens is 1. The van der Waals surface area contributed by atoms with E-state index in [0.29, 0.717) is 11.3 Å². The first kappa shape index (κ1) is 14.3. The average molecular weight is 315 g/mol. The lowest BCUT2D eigenvalue weighted by molar-refractivity contribution is 0.457. The predicted octanol–water partition coefficient (Wildman–Crippen LogP) is 2.27. The Labute approximate surface area is 127 Å². The number of primary sulfonamides is 1. The number of aromatic amines is 1. The fourth-order valence-electron chi connectivity index (χ4n) is 2.16. The standard InChI is InChI=1S/C15H13N3O3S/c16-22(20,21)11-5-3-4-10(8-11)17-9-13-12-6-1-2-7-14(12)18-15(13)19/h1-9,18-19H,(H2,16,20,21). The van der Waals surface area contributed by atoms with Gasteiger partial charge in [0.25, 0.3) is 0 Å². The summed E-state index contributed by atoms with van der Waals surface area (Å²) in [6.07, 6.45) is 1.48. The van der Waals surface area contributed by atoms with Crippen LogP contribution in [-0.4, -0.2) is 24.7 Å². The van der Waals surface area contributed by atoms with Gasteiger partial charge in [-0.25, -0.2) is 13.6 Å². The highest BCUT2D eigenvalue weighted by molar-refractivity contribution is 7.89. The van der Waals surface area contributed by atoms with Crippen molar-refractivity contribution in [1.82, 2.24) is 4.98 Å². The molecule has 0 amide bonds. The summed E-state index contributed by atoms with van der Waals surface area (Å²) in [5.41, 5.74) is 1.76. The number of benzene rings is 2. The van der Waals surface area contributed by atoms with Crippen LogP contribution in [0.25, 0.3) is 10.9 Å². The molecule has 112 valence electrons. The first-order valence-corrected chi connectivity index (χ1v) is 7.96. The molecule has 0 unspecified atom stereocenters. The van der Waals surface area contributed by atoms with Crippen LogP contribution in [0.15, 0.2) is 58.4 Å². The monoisotopic (exact) mass is 315 g/mol. The summed E-state index contributed by atoms with van der Waals surface area (Å²) in [6.45, 7) is 0. The van der Waals surface area contributed by atoms with E-state index in [1.54, 1.807) is 12.1 Å². The van der Waals surface area contributed by atoms with Crippen molar-refractivity contribution >= 4 is 32.8 Å². The minimum absolute atomic E-state index is 0.00699. The molecule has 0 aliphatic heterocycles. The highest BCUT2D eigenvalue weighted by atomic mass is 32.2. The third kappa shape index (κ3) is 2.72. The molecule has 0 spiro atoms. The number of rotatable bonds is 3. The van der Waals surface area contributed by atoms with Crippen molar-refractivity contribution in [2.75, 3.05) is 0 Å². The molecular weight excluding hydrogens is 302 g/mol. The van der Waals surface area contributed by atoms with Gasteiger partial charge in [-0.15, -0.1) is 0 Å². The minimum atomic E-state index is -3.77. The van der Waals surface area contributed by atoms with Gasteiger partial charge in [-0.2, -0.15) is 0 Å². The van der Waals surface area contributed by atoms with Crippen molar-refractivity contribution < 1.29 is 13.5 Å². The van der Waals surface area contributed by atoms with Crippen LogP contribution in [0, 0.1) is 0 Å². The van der Waals surface area contributed by atoms with E-state index in [0.717, 1.165) is 10.9 Å². The van der Waals surface area contributed by atoms with Gasteiger partial charge in [0, 0.05) is 17.1 Å². The molecule has 22 heavy (non-hydrogen) atoms. The molecule has 6 nitrogen and oxygen atoms in total. The van der Waals surface area contributed by atoms with Crippen LogP contribution in [0.1, 0.15) is 5.56 Å². The number of aromatic hydroxyl groups is 1. The summed E-state index contributed by atoms with van der Waals surface area (Å²) in [7, 11) is -3.77. The lowest BCUT2D eigenvalue weighted by Crippen LogP contribution is -2.11. The maximum atomic E-state index is 11.3. The van der Waals surface area contributed by atoms with Crippen LogP contribution in [0.5, 0.6) is 5.88 Å². The van der Waals surface area contributed by atoms with Crippen molar-refractivity contribution in [3.05, 3.63) is 54.1 Å². The maximum Gasteiger partial charge on any atom is 0.238 e. The van der Waals surface area contributed by atoms with Gasteiger partial charge in [0.2, 0.25) is 10.0 Å². The molecular formula is C15H13N3O3S. The molecule has 3 rings (SSSR count). The average Bonchev–Trinajstić information content (AvgIpc) is 2.80. The van der Waals surface area contributed by atoms with Crippen LogP contribution < -0.4 is 5.14 Å². The number of aliphatic imine (C=N–C) groups is 1. The van der Waals surface area contributed by atoms with Gasteiger partial charge in [0.05, 0.1) is 16.1 Å². The number of para-hydroxylation sites is 1. The minimum Gasteiger partial charge on any atom is -0.494 e. The second-order valence-corrected chi connectivity index (χ2v) is 6.29. The number of aromatic nitrogens is 1. The lowest BCUT2D eigenvalue weighted by Gasteiger charge is -1.99. The van der Waals surface area contributed by atoms with Crippen molar-refractivity contribution in [3.8, 4) is 5.88 Å². The summed E-state index contributed by atoms with van der Waals surface area (Å²) in [4.78, 5) is 7.05. The molecule has 4 N–H and O–H groups in total. The number of hydrogen-bond donors (Lipinski definition) is 3. The Morgan fingerprint density at radius 2 is 1.91 bits per heavy atom. The van der Waals surface area contributed by atoms with Crippen LogP contribution in [0.4, 0.5) is 5.69 Å². The Morgan fingerprint density at radius 3 is 2.68 bits per heavy atom. The number of nitrogens with one attached hydrogen (secondary N) is 1. The number of nitrogens with zero attached hydrogens (tertiary/aromatic N) is 1. The topological polar surface area (TPSA) is 109 Å². The van der Waals surface area contributed by atoms with Gasteiger partial charge in [-0.1, -0.05) is 24.3 Å². The summed E-state index contributed by atoms with van der Waals surface area (Å²) in [5, 5.41) is 15.8. The van der Waals surface area contributed by atoms with Crippen LogP contribution in [0.3, 0.4) is 0 Å². The number of sulfonamides is 1. The van der Waals surface area contributed by atoms with E-state index in [4.69, 9.17) is 5.14 Å². The molecule has 0 bridgehead atoms. The smallest absolute Gasteiger partial charge is 0.238 e. The second-order valence-electron chi connectivity index (χ2n) is 4.73. The Kier molecular flexibility index (Phi) is 3.44. The Balaban J connectivity index is 2.02. The number of hydrogen-bond acceptors (Lipinski definition) is 4. The first-order valence-electron chi connectivity index (χ1n) is 6.42. The van der Waals surface area contributed by atoms with E-state index < -0.39 is 10.0 Å². The van der Waals surface area contributed by atoms with Crippen molar-refractivity contribution in [3.63, 3.8) is 0 Å². The van der Waals surface area contributed by atoms with E-state index in [-0.39, 0.29) is 10.8 Å². The summed E-state index contributed by atoms with van der Waals surface area (Å²) >= 11 is 0. The Bertz CT molecular complexity index is 975. The zero-order valence-electron chi connectivity index (χ0n) is 11.4. The van der Waals surface area contributed by atoms with Crippen LogP contribution in [-0.2, 0) is 10.0 Å². The molecule has 7 heteroatoms. The predicted molar refractivity (Wildman–Crippen MR) is 85.0 cm³/mol. The molecule has 1 aromatic heterocycles. The van der Waals surface area contributed by atoms with Crippen LogP contribution >= 0.6 is 0 Å². The molecule has 0 aliphatic rings. The fourth-order valence-corrected chi connectivity index (χ4v) is 2.71. The fraction of sp³-hybridized carbons (Fsp3) is 0. The summed E-state index contributed by atoms with van der Waals surface area (Å²) in [5.74, 6) is 0.00699. The molecule has 0 fully saturated rings. The number of nitrogens with two attached hydrogens (primary N) is 1. The summed E-state index contributed by atoms with van der Waals surface area (Å²) in [6, 6.07) is 13.4. The highest BCUT2D eigenvalue weighted by Crippen LogP contribution is 2.26. The van der Waals surface area contributed by atoms with Crippen LogP contribution in [0.2, 0.25) is 0 Å². The van der Waals surface area contributed by atoms with Crippen molar-refractivity contribution in [2.45, 2.75) is 4.90 Å². The normalized spacial score (nSPS) is 12.2. The highest BCUT2D eigenvalue weighted by Gasteiger charge is 2.09. The molecule has 1 heterocycles. The summed E-state index contributed by atoms with van der Waals surface area (Å²) < 4.78 is 22.7. The first-order chi connectivity index (χ1) is 10.4. The van der Waals surface area contributed by atoms with Gasteiger partial charge in [-0.3, -0.25) is 4.99 Å². The Hall–Kier alpha value is -2.64. The molecule has 0 saturated carbocycles. The third-order valence-corrected chi connectivity index (χ3v) is 4.13. The second kappa shape index (κ2) is 5.28. The van der Waals surface area contributed by atoms with Gasteiger partial charge in [0.1, 0.15) is 0 Å². The van der Waals surface area contributed by atoms with E-state index >= 15 is 0 Å². The molecule has 2 aromatic carbocycles. The largest absolute Gasteiger partial charge is 0.494 e. The van der Waals surface area contributed by atoms with Gasteiger partial charge >= 0.3 is 0 Å². The molecule has 0 radical (unpaired) electrons. The zero-order chi connectivity index (χ0) is 15.7.